The Hall–Kier alpha value is -2.98. The number of aromatic hydroxyl groups is 1. The maximum Gasteiger partial charge on any atom is 0.256 e. The van der Waals surface area contributed by atoms with Crippen LogP contribution in [0.2, 0.25) is 0 Å². The zero-order chi connectivity index (χ0) is 25.1. The van der Waals surface area contributed by atoms with Gasteiger partial charge in [0.15, 0.2) is 5.65 Å². The first-order valence-corrected chi connectivity index (χ1v) is 13.5. The fourth-order valence-electron chi connectivity index (χ4n) is 4.59. The molecule has 9 nitrogen and oxygen atoms in total. The number of aromatic nitrogens is 3. The summed E-state index contributed by atoms with van der Waals surface area (Å²) in [6.07, 6.45) is 3.70. The number of phenolic OH excluding ortho intramolecular Hbond substituents is 1. The highest BCUT2D eigenvalue weighted by atomic mass is 32.2. The van der Waals surface area contributed by atoms with Crippen molar-refractivity contribution in [2.24, 2.45) is 0 Å². The molecule has 186 valence electrons. The molecule has 2 aliphatic rings. The fourth-order valence-corrected chi connectivity index (χ4v) is 6.13. The van der Waals surface area contributed by atoms with Gasteiger partial charge in [-0.15, -0.1) is 0 Å². The summed E-state index contributed by atoms with van der Waals surface area (Å²) >= 11 is 0. The molecule has 1 aliphatic carbocycles. The molecular weight excluding hydrogens is 466 g/mol. The van der Waals surface area contributed by atoms with Gasteiger partial charge in [-0.2, -0.15) is 9.40 Å². The summed E-state index contributed by atoms with van der Waals surface area (Å²) in [6, 6.07) is 5.80. The number of nitrogens with zero attached hydrogens (tertiary/aromatic N) is 4. The number of fused-ring (bicyclic) bond motifs is 1. The molecule has 5 rings (SSSR count). The first-order valence-electron chi connectivity index (χ1n) is 12.0. The molecule has 0 radical (unpaired) electrons. The molecule has 1 aromatic carbocycles. The van der Waals surface area contributed by atoms with Crippen LogP contribution in [0, 0.1) is 6.92 Å². The summed E-state index contributed by atoms with van der Waals surface area (Å²) < 4.78 is 29.3. The molecule has 1 aliphatic heterocycles. The van der Waals surface area contributed by atoms with Crippen LogP contribution in [0.4, 0.5) is 5.69 Å². The molecule has 3 heterocycles. The van der Waals surface area contributed by atoms with Gasteiger partial charge in [0.05, 0.1) is 32.8 Å². The predicted octanol–water partition coefficient (Wildman–Crippen LogP) is 4.11. The average molecular weight is 498 g/mol. The second-order valence-corrected chi connectivity index (χ2v) is 12.4. The molecule has 0 atom stereocenters. The third kappa shape index (κ3) is 4.29. The van der Waals surface area contributed by atoms with Gasteiger partial charge in [-0.1, -0.05) is 0 Å². The van der Waals surface area contributed by atoms with E-state index in [1.165, 1.54) is 22.5 Å². The van der Waals surface area contributed by atoms with Gasteiger partial charge in [-0.25, -0.2) is 18.1 Å². The first kappa shape index (κ1) is 23.7. The van der Waals surface area contributed by atoms with Crippen molar-refractivity contribution in [1.29, 1.82) is 0 Å². The number of amides is 1. The standard InChI is InChI=1S/C25H31N5O4S/c1-15-22-18(14-19(16-7-8-16)26-23(22)30(28-15)25(2,3)4)24(32)27-20-13-17(9-10-21(20)31)35(33,34)29-11-5-6-12-29/h9-10,13-14,16,31H,5-8,11-12H2,1-4H3,(H,27,32). The van der Waals surface area contributed by atoms with Crippen LogP contribution in [0.25, 0.3) is 11.0 Å². The van der Waals surface area contributed by atoms with E-state index in [1.54, 1.807) is 6.07 Å². The molecule has 2 aromatic heterocycles. The van der Waals surface area contributed by atoms with Crippen molar-refractivity contribution in [3.63, 3.8) is 0 Å². The minimum absolute atomic E-state index is 0.0442. The lowest BCUT2D eigenvalue weighted by atomic mass is 10.1. The van der Waals surface area contributed by atoms with Gasteiger partial charge in [0.25, 0.3) is 5.91 Å². The minimum atomic E-state index is -3.69. The highest BCUT2D eigenvalue weighted by Gasteiger charge is 2.31. The Morgan fingerprint density at radius 1 is 1.14 bits per heavy atom. The summed E-state index contributed by atoms with van der Waals surface area (Å²) in [6.45, 7) is 8.90. The molecular formula is C25H31N5O4S. The number of hydrogen-bond donors (Lipinski definition) is 2. The molecule has 35 heavy (non-hydrogen) atoms. The molecule has 0 bridgehead atoms. The Balaban J connectivity index is 1.56. The highest BCUT2D eigenvalue weighted by molar-refractivity contribution is 7.89. The summed E-state index contributed by atoms with van der Waals surface area (Å²) in [7, 11) is -3.69. The molecule has 1 amide bonds. The van der Waals surface area contributed by atoms with Gasteiger partial charge < -0.3 is 10.4 Å². The zero-order valence-corrected chi connectivity index (χ0v) is 21.3. The summed E-state index contributed by atoms with van der Waals surface area (Å²) in [5, 5.41) is 18.5. The third-order valence-electron chi connectivity index (χ3n) is 6.63. The number of anilines is 1. The van der Waals surface area contributed by atoms with Crippen molar-refractivity contribution in [1.82, 2.24) is 19.1 Å². The third-order valence-corrected chi connectivity index (χ3v) is 8.52. The van der Waals surface area contributed by atoms with Crippen molar-refractivity contribution in [2.75, 3.05) is 18.4 Å². The van der Waals surface area contributed by atoms with E-state index >= 15 is 0 Å². The van der Waals surface area contributed by atoms with Crippen LogP contribution < -0.4 is 5.32 Å². The van der Waals surface area contributed by atoms with Crippen LogP contribution >= 0.6 is 0 Å². The Morgan fingerprint density at radius 2 is 1.83 bits per heavy atom. The van der Waals surface area contributed by atoms with E-state index in [9.17, 15) is 18.3 Å². The Morgan fingerprint density at radius 3 is 2.46 bits per heavy atom. The number of sulfonamides is 1. The highest BCUT2D eigenvalue weighted by Crippen LogP contribution is 2.41. The van der Waals surface area contributed by atoms with Crippen LogP contribution in [0.3, 0.4) is 0 Å². The zero-order valence-electron chi connectivity index (χ0n) is 20.5. The number of rotatable bonds is 5. The van der Waals surface area contributed by atoms with E-state index in [0.717, 1.165) is 31.4 Å². The largest absolute Gasteiger partial charge is 0.506 e. The van der Waals surface area contributed by atoms with Crippen LogP contribution in [-0.2, 0) is 15.6 Å². The van der Waals surface area contributed by atoms with E-state index in [-0.39, 0.29) is 21.9 Å². The molecule has 3 aromatic rings. The maximum atomic E-state index is 13.6. The smallest absolute Gasteiger partial charge is 0.256 e. The SMILES string of the molecule is Cc1nn(C(C)(C)C)c2nc(C3CC3)cc(C(=O)Nc3cc(S(=O)(=O)N4CCCC4)ccc3O)c12. The van der Waals surface area contributed by atoms with E-state index in [0.29, 0.717) is 41.3 Å². The quantitative estimate of drug-likeness (QED) is 0.512. The van der Waals surface area contributed by atoms with Gasteiger partial charge in [0.2, 0.25) is 10.0 Å². The molecule has 0 unspecified atom stereocenters. The van der Waals surface area contributed by atoms with Crippen LogP contribution in [-0.4, -0.2) is 51.6 Å². The predicted molar refractivity (Wildman–Crippen MR) is 133 cm³/mol. The number of phenols is 1. The number of benzene rings is 1. The topological polar surface area (TPSA) is 117 Å². The van der Waals surface area contributed by atoms with E-state index in [1.807, 2.05) is 32.4 Å². The van der Waals surface area contributed by atoms with Gasteiger partial charge in [-0.3, -0.25) is 4.79 Å². The van der Waals surface area contributed by atoms with Gasteiger partial charge in [0.1, 0.15) is 5.75 Å². The minimum Gasteiger partial charge on any atom is -0.506 e. The van der Waals surface area contributed by atoms with Gasteiger partial charge >= 0.3 is 0 Å². The Kier molecular flexibility index (Phi) is 5.63. The summed E-state index contributed by atoms with van der Waals surface area (Å²) in [5.41, 5.74) is 2.32. The van der Waals surface area contributed by atoms with E-state index < -0.39 is 15.9 Å². The number of hydrogen-bond acceptors (Lipinski definition) is 6. The lowest BCUT2D eigenvalue weighted by Gasteiger charge is -2.20. The lowest BCUT2D eigenvalue weighted by molar-refractivity contribution is 0.102. The van der Waals surface area contributed by atoms with Gasteiger partial charge in [0, 0.05) is 24.7 Å². The fraction of sp³-hybridized carbons (Fsp3) is 0.480. The number of aryl methyl sites for hydroxylation is 1. The van der Waals surface area contributed by atoms with E-state index in [2.05, 4.69) is 10.4 Å². The monoisotopic (exact) mass is 497 g/mol. The number of nitrogens with one attached hydrogen (secondary N) is 1. The normalized spacial score (nSPS) is 17.3. The molecule has 0 spiro atoms. The van der Waals surface area contributed by atoms with Gasteiger partial charge in [-0.05, 0) is 77.6 Å². The maximum absolute atomic E-state index is 13.6. The Bertz CT molecular complexity index is 1430. The number of carbonyl (C=O) groups excluding carboxylic acids is 1. The Labute approximate surface area is 205 Å². The van der Waals surface area contributed by atoms with Crippen molar-refractivity contribution >= 4 is 32.7 Å². The van der Waals surface area contributed by atoms with Crippen molar-refractivity contribution in [3.05, 3.63) is 41.2 Å². The van der Waals surface area contributed by atoms with Crippen LogP contribution in [0.15, 0.2) is 29.2 Å². The molecule has 1 saturated carbocycles. The van der Waals surface area contributed by atoms with Crippen LogP contribution in [0.5, 0.6) is 5.75 Å². The average Bonchev–Trinajstić information content (AvgIpc) is 3.36. The molecule has 2 fully saturated rings. The molecule has 2 N–H and O–H groups in total. The number of pyridine rings is 1. The van der Waals surface area contributed by atoms with Crippen molar-refractivity contribution in [3.8, 4) is 5.75 Å². The van der Waals surface area contributed by atoms with Crippen molar-refractivity contribution < 1.29 is 18.3 Å². The lowest BCUT2D eigenvalue weighted by Crippen LogP contribution is -2.28. The molecule has 1 saturated heterocycles. The van der Waals surface area contributed by atoms with E-state index in [4.69, 9.17) is 4.98 Å². The summed E-state index contributed by atoms with van der Waals surface area (Å²) in [5.74, 6) is -0.327. The molecule has 10 heteroatoms. The van der Waals surface area contributed by atoms with Crippen molar-refractivity contribution in [2.45, 2.75) is 69.7 Å². The summed E-state index contributed by atoms with van der Waals surface area (Å²) in [4.78, 5) is 18.5. The van der Waals surface area contributed by atoms with Crippen LogP contribution in [0.1, 0.15) is 74.1 Å². The number of carbonyl (C=O) groups is 1. The second kappa shape index (κ2) is 8.30. The first-order chi connectivity index (χ1) is 16.5. The second-order valence-electron chi connectivity index (χ2n) is 10.5.